The number of fused-ring (bicyclic) bond motifs is 1. The summed E-state index contributed by atoms with van der Waals surface area (Å²) in [5, 5.41) is 3.94. The molecule has 2 aromatic carbocycles. The number of hydrazone groups is 1. The van der Waals surface area contributed by atoms with Gasteiger partial charge < -0.3 is 14.2 Å². The van der Waals surface area contributed by atoms with E-state index in [9.17, 15) is 4.79 Å². The fraction of sp³-hybridized carbons (Fsp3) is 0.176. The minimum Gasteiger partial charge on any atom is -0.481 e. The van der Waals surface area contributed by atoms with Gasteiger partial charge in [-0.1, -0.05) is 15.9 Å². The number of rotatable bonds is 5. The Morgan fingerprint density at radius 1 is 1.25 bits per heavy atom. The van der Waals surface area contributed by atoms with E-state index in [1.54, 1.807) is 31.2 Å². The molecule has 0 bridgehead atoms. The average Bonchev–Trinajstić information content (AvgIpc) is 3.04. The Morgan fingerprint density at radius 3 is 2.79 bits per heavy atom. The van der Waals surface area contributed by atoms with Gasteiger partial charge in [-0.05, 0) is 55.0 Å². The normalized spacial score (nSPS) is 13.8. The third-order valence-electron chi connectivity index (χ3n) is 3.28. The van der Waals surface area contributed by atoms with Crippen molar-refractivity contribution in [3.8, 4) is 17.2 Å². The highest BCUT2D eigenvalue weighted by molar-refractivity contribution is 9.10. The number of nitrogens with zero attached hydrogens (tertiary/aromatic N) is 1. The third kappa shape index (κ3) is 4.05. The molecule has 0 radical (unpaired) electrons. The number of hydrogen-bond acceptors (Lipinski definition) is 5. The molecule has 1 aliphatic heterocycles. The van der Waals surface area contributed by atoms with Crippen molar-refractivity contribution >= 4 is 28.1 Å². The van der Waals surface area contributed by atoms with Gasteiger partial charge in [0.15, 0.2) is 17.6 Å². The molecule has 1 aliphatic rings. The second-order valence-corrected chi connectivity index (χ2v) is 5.98. The van der Waals surface area contributed by atoms with Gasteiger partial charge in [-0.15, -0.1) is 0 Å². The van der Waals surface area contributed by atoms with Crippen LogP contribution in [0.5, 0.6) is 17.2 Å². The van der Waals surface area contributed by atoms with Crippen LogP contribution in [0.1, 0.15) is 12.5 Å². The van der Waals surface area contributed by atoms with Crippen LogP contribution in [0.15, 0.2) is 52.0 Å². The van der Waals surface area contributed by atoms with Crippen molar-refractivity contribution in [3.05, 3.63) is 52.5 Å². The Bertz CT molecular complexity index is 762. The lowest BCUT2D eigenvalue weighted by Crippen LogP contribution is -2.33. The van der Waals surface area contributed by atoms with E-state index in [-0.39, 0.29) is 12.7 Å². The average molecular weight is 391 g/mol. The lowest BCUT2D eigenvalue weighted by molar-refractivity contribution is -0.127. The zero-order valence-electron chi connectivity index (χ0n) is 12.9. The van der Waals surface area contributed by atoms with Crippen LogP contribution in [0.3, 0.4) is 0 Å². The molecule has 0 fully saturated rings. The minimum atomic E-state index is -0.667. The van der Waals surface area contributed by atoms with Crippen LogP contribution in [0, 0.1) is 0 Å². The maximum atomic E-state index is 12.0. The summed E-state index contributed by atoms with van der Waals surface area (Å²) in [5.74, 6) is 1.64. The number of halogens is 1. The maximum Gasteiger partial charge on any atom is 0.280 e. The van der Waals surface area contributed by atoms with Gasteiger partial charge in [0.1, 0.15) is 5.75 Å². The lowest BCUT2D eigenvalue weighted by Gasteiger charge is -2.12. The van der Waals surface area contributed by atoms with Gasteiger partial charge in [-0.2, -0.15) is 5.10 Å². The number of hydrogen-bond donors (Lipinski definition) is 1. The number of amides is 1. The van der Waals surface area contributed by atoms with Crippen LogP contribution in [0.25, 0.3) is 0 Å². The van der Waals surface area contributed by atoms with Gasteiger partial charge in [0.2, 0.25) is 6.79 Å². The number of ether oxygens (including phenoxy) is 3. The summed E-state index contributed by atoms with van der Waals surface area (Å²) in [6, 6.07) is 12.7. The number of carbonyl (C=O) groups excluding carboxylic acids is 1. The summed E-state index contributed by atoms with van der Waals surface area (Å²) in [5.41, 5.74) is 3.25. The van der Waals surface area contributed by atoms with Crippen LogP contribution in [0.4, 0.5) is 0 Å². The summed E-state index contributed by atoms with van der Waals surface area (Å²) in [6.07, 6.45) is 0.867. The minimum absolute atomic E-state index is 0.220. The molecular formula is C17H15BrN2O4. The standard InChI is InChI=1S/C17H15BrN2O4/c1-11(24-14-5-3-13(18)4-6-14)17(21)20-19-9-12-2-7-15-16(8-12)23-10-22-15/h2-9,11H,10H2,1H3,(H,20,21)/b19-9-/t11-/m1/s1. The van der Waals surface area contributed by atoms with Gasteiger partial charge in [-0.3, -0.25) is 4.79 Å². The van der Waals surface area contributed by atoms with Crippen LogP contribution in [-0.2, 0) is 4.79 Å². The molecule has 0 aliphatic carbocycles. The Morgan fingerprint density at radius 2 is 2.00 bits per heavy atom. The topological polar surface area (TPSA) is 69.2 Å². The van der Waals surface area contributed by atoms with E-state index in [1.807, 2.05) is 18.2 Å². The molecule has 1 atom stereocenters. The SMILES string of the molecule is C[C@@H](Oc1ccc(Br)cc1)C(=O)N/N=C\c1ccc2c(c1)OCO2. The van der Waals surface area contributed by atoms with Gasteiger partial charge in [0.25, 0.3) is 5.91 Å². The van der Waals surface area contributed by atoms with Crippen LogP contribution in [0.2, 0.25) is 0 Å². The van der Waals surface area contributed by atoms with Crippen LogP contribution in [-0.4, -0.2) is 25.0 Å². The molecule has 2 aromatic rings. The first-order chi connectivity index (χ1) is 11.6. The Labute approximate surface area is 147 Å². The Hall–Kier alpha value is -2.54. The predicted octanol–water partition coefficient (Wildman–Crippen LogP) is 3.10. The van der Waals surface area contributed by atoms with Crippen molar-refractivity contribution in [2.75, 3.05) is 6.79 Å². The first kappa shape index (κ1) is 16.3. The maximum absolute atomic E-state index is 12.0. The van der Waals surface area contributed by atoms with Crippen molar-refractivity contribution in [2.24, 2.45) is 5.10 Å². The van der Waals surface area contributed by atoms with E-state index < -0.39 is 6.10 Å². The van der Waals surface area contributed by atoms with Gasteiger partial charge in [0.05, 0.1) is 6.21 Å². The van der Waals surface area contributed by atoms with Crippen molar-refractivity contribution < 1.29 is 19.0 Å². The lowest BCUT2D eigenvalue weighted by atomic mass is 10.2. The second kappa shape index (κ2) is 7.35. The van der Waals surface area contributed by atoms with Crippen LogP contribution < -0.4 is 19.6 Å². The molecule has 0 unspecified atom stereocenters. The van der Waals surface area contributed by atoms with Crippen molar-refractivity contribution in [1.29, 1.82) is 0 Å². The molecule has 6 nitrogen and oxygen atoms in total. The van der Waals surface area contributed by atoms with E-state index in [0.29, 0.717) is 17.2 Å². The molecule has 3 rings (SSSR count). The summed E-state index contributed by atoms with van der Waals surface area (Å²) < 4.78 is 17.0. The number of benzene rings is 2. The number of nitrogens with one attached hydrogen (secondary N) is 1. The van der Waals surface area contributed by atoms with Crippen molar-refractivity contribution in [2.45, 2.75) is 13.0 Å². The molecule has 1 N–H and O–H groups in total. The molecule has 24 heavy (non-hydrogen) atoms. The van der Waals surface area contributed by atoms with E-state index in [2.05, 4.69) is 26.5 Å². The van der Waals surface area contributed by atoms with Crippen molar-refractivity contribution in [1.82, 2.24) is 5.43 Å². The smallest absolute Gasteiger partial charge is 0.280 e. The van der Waals surface area contributed by atoms with Gasteiger partial charge in [-0.25, -0.2) is 5.43 Å². The summed E-state index contributed by atoms with van der Waals surface area (Å²) in [4.78, 5) is 12.0. The predicted molar refractivity (Wildman–Crippen MR) is 92.5 cm³/mol. The summed E-state index contributed by atoms with van der Waals surface area (Å²) in [7, 11) is 0. The molecule has 0 saturated heterocycles. The molecule has 0 spiro atoms. The van der Waals surface area contributed by atoms with Gasteiger partial charge in [0, 0.05) is 4.47 Å². The van der Waals surface area contributed by atoms with E-state index in [1.165, 1.54) is 6.21 Å². The van der Waals surface area contributed by atoms with E-state index >= 15 is 0 Å². The second-order valence-electron chi connectivity index (χ2n) is 5.06. The summed E-state index contributed by atoms with van der Waals surface area (Å²) in [6.45, 7) is 1.88. The molecule has 7 heteroatoms. The molecule has 1 amide bonds. The monoisotopic (exact) mass is 390 g/mol. The van der Waals surface area contributed by atoms with E-state index in [0.717, 1.165) is 10.0 Å². The highest BCUT2D eigenvalue weighted by atomic mass is 79.9. The highest BCUT2D eigenvalue weighted by Crippen LogP contribution is 2.31. The van der Waals surface area contributed by atoms with Crippen LogP contribution >= 0.6 is 15.9 Å². The molecule has 1 heterocycles. The highest BCUT2D eigenvalue weighted by Gasteiger charge is 2.14. The molecule has 0 aromatic heterocycles. The Balaban J connectivity index is 1.53. The van der Waals surface area contributed by atoms with E-state index in [4.69, 9.17) is 14.2 Å². The Kier molecular flexibility index (Phi) is 5.00. The fourth-order valence-corrected chi connectivity index (χ4v) is 2.29. The fourth-order valence-electron chi connectivity index (χ4n) is 2.03. The molecular weight excluding hydrogens is 376 g/mol. The number of carbonyl (C=O) groups is 1. The van der Waals surface area contributed by atoms with Crippen molar-refractivity contribution in [3.63, 3.8) is 0 Å². The quantitative estimate of drug-likeness (QED) is 0.628. The largest absolute Gasteiger partial charge is 0.481 e. The molecule has 124 valence electrons. The first-order valence-corrected chi connectivity index (χ1v) is 8.06. The first-order valence-electron chi connectivity index (χ1n) is 7.26. The summed E-state index contributed by atoms with van der Waals surface area (Å²) >= 11 is 3.34. The molecule has 0 saturated carbocycles. The third-order valence-corrected chi connectivity index (χ3v) is 3.81. The zero-order valence-corrected chi connectivity index (χ0v) is 14.4. The zero-order chi connectivity index (χ0) is 16.9. The van der Waals surface area contributed by atoms with Gasteiger partial charge >= 0.3 is 0 Å².